The number of halogens is 1. The van der Waals surface area contributed by atoms with Crippen LogP contribution < -0.4 is 15.5 Å². The van der Waals surface area contributed by atoms with E-state index in [1.165, 1.54) is 24.2 Å². The first-order valence-electron chi connectivity index (χ1n) is 7.72. The first-order valence-corrected chi connectivity index (χ1v) is 8.54. The van der Waals surface area contributed by atoms with Gasteiger partial charge < -0.3 is 15.2 Å². The third kappa shape index (κ3) is 5.41. The zero-order valence-corrected chi connectivity index (χ0v) is 14.9. The van der Waals surface area contributed by atoms with Gasteiger partial charge in [-0.15, -0.1) is 12.4 Å². The Morgan fingerprint density at radius 2 is 2.23 bits per heavy atom. The second-order valence-electron chi connectivity index (χ2n) is 5.76. The number of thiazole rings is 1. The van der Waals surface area contributed by atoms with Crippen LogP contribution in [0.4, 0.5) is 0 Å². The van der Waals surface area contributed by atoms with Gasteiger partial charge in [0.25, 0.3) is 0 Å². The summed E-state index contributed by atoms with van der Waals surface area (Å²) in [5.74, 6) is 0.720. The lowest BCUT2D eigenvalue weighted by Gasteiger charge is -2.22. The van der Waals surface area contributed by atoms with Crippen molar-refractivity contribution in [1.82, 2.24) is 15.2 Å². The number of nitrogens with zero attached hydrogens (tertiary/aromatic N) is 1. The predicted molar refractivity (Wildman–Crippen MR) is 93.1 cm³/mol. The van der Waals surface area contributed by atoms with Crippen LogP contribution in [0, 0.1) is 19.8 Å². The lowest BCUT2D eigenvalue weighted by molar-refractivity contribution is -0.121. The Kier molecular flexibility index (Phi) is 8.14. The van der Waals surface area contributed by atoms with Crippen LogP contribution in [0.1, 0.15) is 36.3 Å². The minimum absolute atomic E-state index is 0. The fraction of sp³-hybridized carbons (Fsp3) is 0.733. The van der Waals surface area contributed by atoms with Crippen LogP contribution in [-0.2, 0) is 11.3 Å². The fourth-order valence-corrected chi connectivity index (χ4v) is 3.59. The van der Waals surface area contributed by atoms with Crippen LogP contribution in [0.5, 0.6) is 0 Å². The molecule has 0 spiro atoms. The number of carbonyl (C=O) groups is 1. The summed E-state index contributed by atoms with van der Waals surface area (Å²) in [5.41, 5.74) is 0.978. The zero-order valence-electron chi connectivity index (χ0n) is 13.3. The summed E-state index contributed by atoms with van der Waals surface area (Å²) in [5, 5.41) is 6.35. The summed E-state index contributed by atoms with van der Waals surface area (Å²) in [6.07, 6.45) is 3.90. The number of rotatable bonds is 6. The largest absolute Gasteiger partial charge is 0.356 e. The molecule has 1 atom stereocenters. The van der Waals surface area contributed by atoms with E-state index in [1.54, 1.807) is 4.57 Å². The molecule has 1 aromatic rings. The number of aryl methyl sites for hydroxylation is 1. The minimum Gasteiger partial charge on any atom is -0.356 e. The summed E-state index contributed by atoms with van der Waals surface area (Å²) >= 11 is 1.25. The molecule has 1 aliphatic rings. The molecule has 22 heavy (non-hydrogen) atoms. The molecule has 0 aliphatic carbocycles. The van der Waals surface area contributed by atoms with E-state index in [0.29, 0.717) is 18.9 Å². The second kappa shape index (κ2) is 9.33. The summed E-state index contributed by atoms with van der Waals surface area (Å²) in [6, 6.07) is 0. The molecule has 1 amide bonds. The normalized spacial score (nSPS) is 17.8. The van der Waals surface area contributed by atoms with Crippen LogP contribution in [0.3, 0.4) is 0 Å². The maximum atomic E-state index is 11.8. The van der Waals surface area contributed by atoms with Gasteiger partial charge in [0.2, 0.25) is 5.91 Å². The van der Waals surface area contributed by atoms with Crippen molar-refractivity contribution in [2.45, 2.75) is 46.1 Å². The number of piperidine rings is 1. The lowest BCUT2D eigenvalue weighted by atomic mass is 9.96. The highest BCUT2D eigenvalue weighted by atomic mass is 35.5. The second-order valence-corrected chi connectivity index (χ2v) is 6.93. The number of amides is 1. The van der Waals surface area contributed by atoms with E-state index in [1.807, 2.05) is 13.8 Å². The van der Waals surface area contributed by atoms with Crippen molar-refractivity contribution in [3.8, 4) is 0 Å². The Morgan fingerprint density at radius 1 is 1.45 bits per heavy atom. The zero-order chi connectivity index (χ0) is 15.2. The Bertz CT molecular complexity index is 535. The quantitative estimate of drug-likeness (QED) is 0.825. The SMILES string of the molecule is Cc1sc(=O)n(CCC(=O)NCCC2CCCNC2)c1C.Cl. The predicted octanol–water partition coefficient (Wildman–Crippen LogP) is 1.84. The molecule has 1 fully saturated rings. The van der Waals surface area contributed by atoms with Crippen LogP contribution in [0.15, 0.2) is 4.79 Å². The van der Waals surface area contributed by atoms with E-state index in [0.717, 1.165) is 36.6 Å². The van der Waals surface area contributed by atoms with E-state index >= 15 is 0 Å². The van der Waals surface area contributed by atoms with E-state index in [2.05, 4.69) is 10.6 Å². The molecule has 1 aliphatic heterocycles. The van der Waals surface area contributed by atoms with Crippen LogP contribution in [0.25, 0.3) is 0 Å². The number of hydrogen-bond donors (Lipinski definition) is 2. The minimum atomic E-state index is 0. The first kappa shape index (κ1) is 19.2. The van der Waals surface area contributed by atoms with Crippen molar-refractivity contribution in [3.05, 3.63) is 20.2 Å². The molecule has 0 saturated carbocycles. The van der Waals surface area contributed by atoms with Gasteiger partial charge in [0.05, 0.1) is 0 Å². The Balaban J connectivity index is 0.00000242. The molecule has 2 rings (SSSR count). The van der Waals surface area contributed by atoms with Gasteiger partial charge in [-0.1, -0.05) is 11.3 Å². The Hall–Kier alpha value is -0.850. The fourth-order valence-electron chi connectivity index (χ4n) is 2.73. The van der Waals surface area contributed by atoms with Crippen molar-refractivity contribution < 1.29 is 4.79 Å². The van der Waals surface area contributed by atoms with Gasteiger partial charge in [0, 0.05) is 30.1 Å². The monoisotopic (exact) mass is 347 g/mol. The van der Waals surface area contributed by atoms with Crippen LogP contribution >= 0.6 is 23.7 Å². The summed E-state index contributed by atoms with van der Waals surface area (Å²) in [6.45, 7) is 7.28. The van der Waals surface area contributed by atoms with Crippen molar-refractivity contribution >= 4 is 29.7 Å². The molecule has 5 nitrogen and oxygen atoms in total. The van der Waals surface area contributed by atoms with Gasteiger partial charge >= 0.3 is 4.87 Å². The molecular weight excluding hydrogens is 322 g/mol. The Morgan fingerprint density at radius 3 is 2.82 bits per heavy atom. The summed E-state index contributed by atoms with van der Waals surface area (Å²) < 4.78 is 1.70. The molecule has 7 heteroatoms. The highest BCUT2D eigenvalue weighted by Gasteiger charge is 2.13. The van der Waals surface area contributed by atoms with Crippen LogP contribution in [-0.4, -0.2) is 30.1 Å². The van der Waals surface area contributed by atoms with E-state index in [-0.39, 0.29) is 23.2 Å². The molecule has 2 heterocycles. The van der Waals surface area contributed by atoms with E-state index in [4.69, 9.17) is 0 Å². The van der Waals surface area contributed by atoms with Gasteiger partial charge in [0.1, 0.15) is 0 Å². The van der Waals surface area contributed by atoms with E-state index in [9.17, 15) is 9.59 Å². The number of hydrogen-bond acceptors (Lipinski definition) is 4. The van der Waals surface area contributed by atoms with Gasteiger partial charge in [-0.25, -0.2) is 0 Å². The van der Waals surface area contributed by atoms with Crippen LogP contribution in [0.2, 0.25) is 0 Å². The molecule has 0 bridgehead atoms. The number of nitrogens with one attached hydrogen (secondary N) is 2. The summed E-state index contributed by atoms with van der Waals surface area (Å²) in [4.78, 5) is 24.7. The van der Waals surface area contributed by atoms with Crippen molar-refractivity contribution in [2.24, 2.45) is 5.92 Å². The maximum Gasteiger partial charge on any atom is 0.307 e. The van der Waals surface area contributed by atoms with Gasteiger partial charge in [-0.05, 0) is 52.1 Å². The molecular formula is C15H26ClN3O2S. The topological polar surface area (TPSA) is 63.1 Å². The number of carbonyl (C=O) groups excluding carboxylic acids is 1. The molecule has 0 radical (unpaired) electrons. The van der Waals surface area contributed by atoms with Crippen molar-refractivity contribution in [3.63, 3.8) is 0 Å². The number of aromatic nitrogens is 1. The lowest BCUT2D eigenvalue weighted by Crippen LogP contribution is -2.33. The van der Waals surface area contributed by atoms with Gasteiger partial charge in [-0.3, -0.25) is 9.59 Å². The van der Waals surface area contributed by atoms with Crippen molar-refractivity contribution in [1.29, 1.82) is 0 Å². The van der Waals surface area contributed by atoms with E-state index < -0.39 is 0 Å². The highest BCUT2D eigenvalue weighted by molar-refractivity contribution is 7.09. The standard InChI is InChI=1S/C15H25N3O2S.ClH/c1-11-12(2)21-15(20)18(11)9-6-14(19)17-8-5-13-4-3-7-16-10-13;/h13,16H,3-10H2,1-2H3,(H,17,19);1H. The molecule has 1 unspecified atom stereocenters. The molecule has 126 valence electrons. The average molecular weight is 348 g/mol. The molecule has 1 aromatic heterocycles. The molecule has 2 N–H and O–H groups in total. The summed E-state index contributed by atoms with van der Waals surface area (Å²) in [7, 11) is 0. The maximum absolute atomic E-state index is 11.8. The third-order valence-corrected chi connectivity index (χ3v) is 5.21. The third-order valence-electron chi connectivity index (χ3n) is 4.21. The molecule has 0 aromatic carbocycles. The van der Waals surface area contributed by atoms with Gasteiger partial charge in [-0.2, -0.15) is 0 Å². The van der Waals surface area contributed by atoms with Gasteiger partial charge in [0.15, 0.2) is 0 Å². The van der Waals surface area contributed by atoms with Crippen molar-refractivity contribution in [2.75, 3.05) is 19.6 Å². The first-order chi connectivity index (χ1) is 10.1. The Labute approximate surface area is 141 Å². The highest BCUT2D eigenvalue weighted by Crippen LogP contribution is 2.13. The molecule has 1 saturated heterocycles. The smallest absolute Gasteiger partial charge is 0.307 e. The average Bonchev–Trinajstić information content (AvgIpc) is 2.71.